The van der Waals surface area contributed by atoms with Crippen molar-refractivity contribution in [3.63, 3.8) is 0 Å². The van der Waals surface area contributed by atoms with E-state index < -0.39 is 17.8 Å². The van der Waals surface area contributed by atoms with Gasteiger partial charge in [-0.2, -0.15) is 13.2 Å². The molecular weight excluding hydrogens is 243 g/mol. The second-order valence-electron chi connectivity index (χ2n) is 4.58. The summed E-state index contributed by atoms with van der Waals surface area (Å²) in [7, 11) is 0. The zero-order valence-corrected chi connectivity index (χ0v) is 10.7. The molecule has 0 saturated carbocycles. The Kier molecular flexibility index (Phi) is 4.08. The van der Waals surface area contributed by atoms with Crippen molar-refractivity contribution >= 4 is 0 Å². The van der Waals surface area contributed by atoms with E-state index in [4.69, 9.17) is 5.73 Å². The Hall–Kier alpha value is -1.07. The number of rotatable bonds is 3. The van der Waals surface area contributed by atoms with Crippen LogP contribution in [0.15, 0.2) is 18.2 Å². The topological polar surface area (TPSA) is 46.2 Å². The van der Waals surface area contributed by atoms with E-state index in [2.05, 4.69) is 0 Å². The average Bonchev–Trinajstić information content (AvgIpc) is 2.29. The van der Waals surface area contributed by atoms with Crippen molar-refractivity contribution in [2.45, 2.75) is 45.0 Å². The highest BCUT2D eigenvalue weighted by Crippen LogP contribution is 2.42. The molecule has 3 N–H and O–H groups in total. The number of benzene rings is 1. The molecule has 0 heterocycles. The largest absolute Gasteiger partial charge is 0.422 e. The van der Waals surface area contributed by atoms with Gasteiger partial charge in [-0.05, 0) is 37.0 Å². The van der Waals surface area contributed by atoms with Gasteiger partial charge in [0.05, 0.1) is 0 Å². The monoisotopic (exact) mass is 261 g/mol. The van der Waals surface area contributed by atoms with Crippen LogP contribution in [0.25, 0.3) is 0 Å². The van der Waals surface area contributed by atoms with Crippen molar-refractivity contribution in [3.8, 4) is 0 Å². The SMILES string of the molecule is CCC(N)C(O)(c1ccc(C)c(C)c1)C(F)(F)F. The summed E-state index contributed by atoms with van der Waals surface area (Å²) in [6, 6.07) is 2.80. The van der Waals surface area contributed by atoms with E-state index in [-0.39, 0.29) is 12.0 Å². The lowest BCUT2D eigenvalue weighted by Crippen LogP contribution is -2.55. The molecule has 0 amide bonds. The predicted octanol–water partition coefficient (Wildman–Crippen LogP) is 2.79. The van der Waals surface area contributed by atoms with Gasteiger partial charge in [0.25, 0.3) is 0 Å². The highest BCUT2D eigenvalue weighted by Gasteiger charge is 2.58. The zero-order valence-electron chi connectivity index (χ0n) is 10.7. The molecule has 5 heteroatoms. The summed E-state index contributed by atoms with van der Waals surface area (Å²) in [5, 5.41) is 10.1. The molecule has 102 valence electrons. The first-order valence-electron chi connectivity index (χ1n) is 5.77. The Morgan fingerprint density at radius 1 is 1.22 bits per heavy atom. The van der Waals surface area contributed by atoms with Crippen LogP contribution >= 0.6 is 0 Å². The molecule has 1 rings (SSSR count). The normalized spacial score (nSPS) is 17.3. The molecule has 0 aliphatic rings. The number of nitrogens with two attached hydrogens (primary N) is 1. The van der Waals surface area contributed by atoms with Crippen LogP contribution in [-0.2, 0) is 5.60 Å². The fourth-order valence-corrected chi connectivity index (χ4v) is 1.86. The van der Waals surface area contributed by atoms with E-state index in [1.54, 1.807) is 19.9 Å². The summed E-state index contributed by atoms with van der Waals surface area (Å²) in [5.74, 6) is 0. The maximum Gasteiger partial charge on any atom is 0.422 e. The molecule has 2 unspecified atom stereocenters. The maximum absolute atomic E-state index is 13.1. The molecule has 0 radical (unpaired) electrons. The maximum atomic E-state index is 13.1. The fourth-order valence-electron chi connectivity index (χ4n) is 1.86. The Labute approximate surface area is 105 Å². The summed E-state index contributed by atoms with van der Waals surface area (Å²) >= 11 is 0. The number of alkyl halides is 3. The summed E-state index contributed by atoms with van der Waals surface area (Å²) in [4.78, 5) is 0. The van der Waals surface area contributed by atoms with Gasteiger partial charge in [0.1, 0.15) is 0 Å². The second-order valence-corrected chi connectivity index (χ2v) is 4.58. The Morgan fingerprint density at radius 2 is 1.78 bits per heavy atom. The molecule has 18 heavy (non-hydrogen) atoms. The summed E-state index contributed by atoms with van der Waals surface area (Å²) in [6.07, 6.45) is -4.77. The van der Waals surface area contributed by atoms with Crippen molar-refractivity contribution in [1.29, 1.82) is 0 Å². The summed E-state index contributed by atoms with van der Waals surface area (Å²) < 4.78 is 39.4. The molecule has 0 aliphatic carbocycles. The van der Waals surface area contributed by atoms with Crippen LogP contribution in [0.4, 0.5) is 13.2 Å². The van der Waals surface area contributed by atoms with Crippen LogP contribution in [0.2, 0.25) is 0 Å². The predicted molar refractivity (Wildman–Crippen MR) is 64.1 cm³/mol. The van der Waals surface area contributed by atoms with Crippen LogP contribution < -0.4 is 5.73 Å². The van der Waals surface area contributed by atoms with E-state index in [0.29, 0.717) is 5.56 Å². The zero-order chi connectivity index (χ0) is 14.1. The van der Waals surface area contributed by atoms with Gasteiger partial charge < -0.3 is 10.8 Å². The minimum absolute atomic E-state index is 0.0307. The number of hydrogen-bond acceptors (Lipinski definition) is 2. The van der Waals surface area contributed by atoms with Crippen LogP contribution in [0.1, 0.15) is 30.0 Å². The van der Waals surface area contributed by atoms with Crippen molar-refractivity contribution in [2.75, 3.05) is 0 Å². The smallest absolute Gasteiger partial charge is 0.375 e. The first-order chi connectivity index (χ1) is 8.14. The van der Waals surface area contributed by atoms with Gasteiger partial charge in [-0.25, -0.2) is 0 Å². The molecule has 1 aromatic rings. The van der Waals surface area contributed by atoms with E-state index in [1.165, 1.54) is 19.1 Å². The van der Waals surface area contributed by atoms with Crippen molar-refractivity contribution < 1.29 is 18.3 Å². The first-order valence-corrected chi connectivity index (χ1v) is 5.77. The van der Waals surface area contributed by atoms with E-state index >= 15 is 0 Å². The standard InChI is InChI=1S/C13H18F3NO/c1-4-11(17)12(18,13(14,15)16)10-6-5-8(2)9(3)7-10/h5-7,11,18H,4,17H2,1-3H3. The quantitative estimate of drug-likeness (QED) is 0.878. The highest BCUT2D eigenvalue weighted by molar-refractivity contribution is 5.35. The summed E-state index contributed by atoms with van der Waals surface area (Å²) in [6.45, 7) is 5.01. The van der Waals surface area contributed by atoms with Gasteiger partial charge in [-0.15, -0.1) is 0 Å². The van der Waals surface area contributed by atoms with E-state index in [1.807, 2.05) is 0 Å². The molecule has 0 spiro atoms. The Balaban J connectivity index is 3.40. The van der Waals surface area contributed by atoms with Crippen LogP contribution in [0.3, 0.4) is 0 Å². The minimum Gasteiger partial charge on any atom is -0.375 e. The molecule has 0 fully saturated rings. The van der Waals surface area contributed by atoms with E-state index in [9.17, 15) is 18.3 Å². The van der Waals surface area contributed by atoms with Crippen LogP contribution in [0.5, 0.6) is 0 Å². The van der Waals surface area contributed by atoms with Crippen LogP contribution in [0, 0.1) is 13.8 Å². The van der Waals surface area contributed by atoms with Crippen molar-refractivity contribution in [2.24, 2.45) is 5.73 Å². The molecular formula is C13H18F3NO. The molecule has 2 nitrogen and oxygen atoms in total. The average molecular weight is 261 g/mol. The lowest BCUT2D eigenvalue weighted by Gasteiger charge is -2.36. The van der Waals surface area contributed by atoms with Gasteiger partial charge in [-0.1, -0.05) is 25.1 Å². The lowest BCUT2D eigenvalue weighted by atomic mass is 9.83. The number of aryl methyl sites for hydroxylation is 2. The third-order valence-corrected chi connectivity index (χ3v) is 3.36. The third kappa shape index (κ3) is 2.37. The molecule has 0 bridgehead atoms. The lowest BCUT2D eigenvalue weighted by molar-refractivity contribution is -0.274. The first kappa shape index (κ1) is 15.0. The highest BCUT2D eigenvalue weighted by atomic mass is 19.4. The molecule has 0 aliphatic heterocycles. The fraction of sp³-hybridized carbons (Fsp3) is 0.538. The Morgan fingerprint density at radius 3 is 2.17 bits per heavy atom. The number of halogens is 3. The van der Waals surface area contributed by atoms with Gasteiger partial charge >= 0.3 is 6.18 Å². The minimum atomic E-state index is -4.80. The number of aliphatic hydroxyl groups is 1. The molecule has 0 saturated heterocycles. The van der Waals surface area contributed by atoms with Gasteiger partial charge in [0.15, 0.2) is 0 Å². The third-order valence-electron chi connectivity index (χ3n) is 3.36. The van der Waals surface area contributed by atoms with Crippen LogP contribution in [-0.4, -0.2) is 17.3 Å². The van der Waals surface area contributed by atoms with Crippen molar-refractivity contribution in [1.82, 2.24) is 0 Å². The van der Waals surface area contributed by atoms with Gasteiger partial charge in [-0.3, -0.25) is 0 Å². The molecule has 0 aromatic heterocycles. The number of hydrogen-bond donors (Lipinski definition) is 2. The Bertz CT molecular complexity index is 431. The molecule has 2 atom stereocenters. The van der Waals surface area contributed by atoms with E-state index in [0.717, 1.165) is 5.56 Å². The van der Waals surface area contributed by atoms with Crippen molar-refractivity contribution in [3.05, 3.63) is 34.9 Å². The van der Waals surface area contributed by atoms with Gasteiger partial charge in [0.2, 0.25) is 5.60 Å². The molecule has 1 aromatic carbocycles. The second kappa shape index (κ2) is 4.90. The summed E-state index contributed by atoms with van der Waals surface area (Å²) in [5.41, 5.74) is 3.85. The van der Waals surface area contributed by atoms with Gasteiger partial charge in [0, 0.05) is 6.04 Å².